The van der Waals surface area contributed by atoms with Crippen LogP contribution in [0.1, 0.15) is 17.2 Å². The third kappa shape index (κ3) is 3.19. The van der Waals surface area contributed by atoms with Gasteiger partial charge in [0.2, 0.25) is 0 Å². The maximum atomic E-state index is 13.2. The van der Waals surface area contributed by atoms with Gasteiger partial charge in [0.1, 0.15) is 11.7 Å². The zero-order valence-corrected chi connectivity index (χ0v) is 13.7. The number of carbonyl (C=O) groups is 1. The number of methoxy groups -OCH3 is 1. The Balaban J connectivity index is 2.09. The minimum absolute atomic E-state index is 0.281. The van der Waals surface area contributed by atoms with Gasteiger partial charge < -0.3 is 10.1 Å². The molecule has 0 aliphatic carbocycles. The molecule has 0 spiro atoms. The molecule has 1 N–H and O–H groups in total. The molecule has 0 aromatic heterocycles. The van der Waals surface area contributed by atoms with Crippen LogP contribution in [0.4, 0.5) is 4.39 Å². The monoisotopic (exact) mass is 342 g/mol. The number of carbonyl (C=O) groups excluding carboxylic acids is 1. The van der Waals surface area contributed by atoms with Crippen molar-refractivity contribution in [3.8, 4) is 0 Å². The molecule has 6 heteroatoms. The zero-order chi connectivity index (χ0) is 17.1. The molecule has 1 aliphatic heterocycles. The van der Waals surface area contributed by atoms with Crippen molar-refractivity contribution >= 4 is 29.0 Å². The fraction of sp³-hybridized carbons (Fsp3) is 0.167. The first-order valence-corrected chi connectivity index (χ1v) is 7.79. The molecule has 0 fully saturated rings. The summed E-state index contributed by atoms with van der Waals surface area (Å²) in [6.45, 7) is 0. The van der Waals surface area contributed by atoms with Gasteiger partial charge in [-0.2, -0.15) is 0 Å². The largest absolute Gasteiger partial charge is 0.468 e. The highest BCUT2D eigenvalue weighted by Crippen LogP contribution is 2.30. The van der Waals surface area contributed by atoms with Crippen molar-refractivity contribution in [1.29, 1.82) is 0 Å². The fourth-order valence-corrected chi connectivity index (χ4v) is 2.98. The highest BCUT2D eigenvalue weighted by molar-refractivity contribution is 7.80. The molecule has 0 radical (unpaired) electrons. The molecule has 0 saturated carbocycles. The summed E-state index contributed by atoms with van der Waals surface area (Å²) >= 11 is 5.24. The Hall–Kier alpha value is -2.60. The minimum Gasteiger partial charge on any atom is -0.468 e. The van der Waals surface area contributed by atoms with E-state index >= 15 is 0 Å². The van der Waals surface area contributed by atoms with E-state index in [0.717, 1.165) is 11.1 Å². The molecule has 1 heterocycles. The number of aliphatic imine (C=N–C) groups is 1. The van der Waals surface area contributed by atoms with Gasteiger partial charge in [0.15, 0.2) is 5.11 Å². The van der Waals surface area contributed by atoms with E-state index in [1.807, 2.05) is 30.3 Å². The summed E-state index contributed by atoms with van der Waals surface area (Å²) in [6, 6.07) is 14.8. The molecule has 1 aliphatic rings. The highest BCUT2D eigenvalue weighted by atomic mass is 32.1. The van der Waals surface area contributed by atoms with E-state index < -0.39 is 17.9 Å². The predicted octanol–water partition coefficient (Wildman–Crippen LogP) is 3.03. The Bertz CT molecular complexity index is 790. The van der Waals surface area contributed by atoms with Gasteiger partial charge in [-0.05, 0) is 35.5 Å². The van der Waals surface area contributed by atoms with Gasteiger partial charge in [0.05, 0.1) is 18.9 Å². The first kappa shape index (κ1) is 16.3. The molecule has 0 bridgehead atoms. The zero-order valence-electron chi connectivity index (χ0n) is 12.9. The third-order valence-electron chi connectivity index (χ3n) is 3.88. The van der Waals surface area contributed by atoms with Crippen LogP contribution in [0, 0.1) is 11.7 Å². The summed E-state index contributed by atoms with van der Waals surface area (Å²) in [5.41, 5.74) is 2.07. The van der Waals surface area contributed by atoms with Gasteiger partial charge in [-0.15, -0.1) is 0 Å². The van der Waals surface area contributed by atoms with E-state index in [1.54, 1.807) is 12.1 Å². The molecule has 4 nitrogen and oxygen atoms in total. The van der Waals surface area contributed by atoms with E-state index in [1.165, 1.54) is 19.2 Å². The Kier molecular flexibility index (Phi) is 4.66. The maximum Gasteiger partial charge on any atom is 0.317 e. The van der Waals surface area contributed by atoms with Gasteiger partial charge in [-0.3, -0.25) is 4.79 Å². The number of benzene rings is 2. The third-order valence-corrected chi connectivity index (χ3v) is 4.09. The van der Waals surface area contributed by atoms with Crippen LogP contribution in [0.2, 0.25) is 0 Å². The van der Waals surface area contributed by atoms with E-state index in [2.05, 4.69) is 10.3 Å². The number of ether oxygens (including phenoxy) is 1. The van der Waals surface area contributed by atoms with Gasteiger partial charge in [0.25, 0.3) is 0 Å². The van der Waals surface area contributed by atoms with Crippen LogP contribution in [-0.4, -0.2) is 23.9 Å². The number of thiocarbonyl (C=S) groups is 1. The second-order valence-electron chi connectivity index (χ2n) is 5.34. The van der Waals surface area contributed by atoms with Crippen molar-refractivity contribution in [2.45, 2.75) is 6.04 Å². The summed E-state index contributed by atoms with van der Waals surface area (Å²) in [6.07, 6.45) is 0. The quantitative estimate of drug-likeness (QED) is 0.688. The number of halogens is 1. The van der Waals surface area contributed by atoms with Crippen LogP contribution in [-0.2, 0) is 9.53 Å². The molecule has 2 aromatic rings. The van der Waals surface area contributed by atoms with Crippen molar-refractivity contribution in [3.05, 3.63) is 71.5 Å². The molecule has 0 saturated heterocycles. The van der Waals surface area contributed by atoms with Crippen LogP contribution < -0.4 is 5.32 Å². The first-order chi connectivity index (χ1) is 11.6. The van der Waals surface area contributed by atoms with Crippen LogP contribution in [0.15, 0.2) is 59.6 Å². The average molecular weight is 342 g/mol. The van der Waals surface area contributed by atoms with Crippen LogP contribution >= 0.6 is 12.2 Å². The number of hydrogen-bond acceptors (Lipinski definition) is 3. The second-order valence-corrected chi connectivity index (χ2v) is 5.73. The topological polar surface area (TPSA) is 50.7 Å². The Morgan fingerprint density at radius 2 is 1.83 bits per heavy atom. The van der Waals surface area contributed by atoms with Crippen molar-refractivity contribution in [2.75, 3.05) is 7.11 Å². The van der Waals surface area contributed by atoms with E-state index in [-0.39, 0.29) is 10.9 Å². The lowest BCUT2D eigenvalue weighted by atomic mass is 9.85. The molecule has 2 atom stereocenters. The smallest absolute Gasteiger partial charge is 0.317 e. The lowest BCUT2D eigenvalue weighted by Gasteiger charge is -2.32. The normalized spacial score (nSPS) is 20.1. The van der Waals surface area contributed by atoms with Crippen molar-refractivity contribution in [3.63, 3.8) is 0 Å². The summed E-state index contributed by atoms with van der Waals surface area (Å²) in [5.74, 6) is -1.46. The summed E-state index contributed by atoms with van der Waals surface area (Å²) in [4.78, 5) is 16.8. The fourth-order valence-electron chi connectivity index (χ4n) is 2.76. The van der Waals surface area contributed by atoms with Gasteiger partial charge in [0, 0.05) is 0 Å². The number of nitrogens with one attached hydrogen (secondary N) is 1. The molecule has 122 valence electrons. The number of rotatable bonds is 3. The molecule has 3 rings (SSSR count). The average Bonchev–Trinajstić information content (AvgIpc) is 2.61. The summed E-state index contributed by atoms with van der Waals surface area (Å²) in [7, 11) is 1.33. The summed E-state index contributed by atoms with van der Waals surface area (Å²) < 4.78 is 18.2. The Morgan fingerprint density at radius 3 is 2.46 bits per heavy atom. The van der Waals surface area contributed by atoms with E-state index in [0.29, 0.717) is 5.71 Å². The molecular weight excluding hydrogens is 327 g/mol. The Labute approximate surface area is 144 Å². The predicted molar refractivity (Wildman–Crippen MR) is 93.4 cm³/mol. The van der Waals surface area contributed by atoms with Crippen molar-refractivity contribution < 1.29 is 13.9 Å². The molecule has 24 heavy (non-hydrogen) atoms. The molecule has 2 unspecified atom stereocenters. The number of nitrogens with zero attached hydrogens (tertiary/aromatic N) is 1. The number of esters is 1. The molecular formula is C18H15FN2O2S. The summed E-state index contributed by atoms with van der Waals surface area (Å²) in [5, 5.41) is 3.32. The second kappa shape index (κ2) is 6.88. The van der Waals surface area contributed by atoms with Crippen LogP contribution in [0.3, 0.4) is 0 Å². The Morgan fingerprint density at radius 1 is 1.17 bits per heavy atom. The highest BCUT2D eigenvalue weighted by Gasteiger charge is 2.39. The molecule has 2 aromatic carbocycles. The SMILES string of the molecule is COC(=O)C1C(c2ccccc2)=NC(=S)NC1c1ccc(F)cc1. The standard InChI is InChI=1S/C18H15FN2O2S/c1-23-17(22)14-15(11-5-3-2-4-6-11)20-18(24)21-16(14)12-7-9-13(19)10-8-12/h2-10,14,16H,1H3,(H,21,24). The van der Waals surface area contributed by atoms with Gasteiger partial charge in [-0.25, -0.2) is 9.38 Å². The van der Waals surface area contributed by atoms with Gasteiger partial charge >= 0.3 is 5.97 Å². The van der Waals surface area contributed by atoms with Crippen LogP contribution in [0.5, 0.6) is 0 Å². The minimum atomic E-state index is -0.686. The number of hydrogen-bond donors (Lipinski definition) is 1. The first-order valence-electron chi connectivity index (χ1n) is 7.38. The molecule has 0 amide bonds. The van der Waals surface area contributed by atoms with E-state index in [4.69, 9.17) is 17.0 Å². The lowest BCUT2D eigenvalue weighted by molar-refractivity contribution is -0.143. The van der Waals surface area contributed by atoms with E-state index in [9.17, 15) is 9.18 Å². The van der Waals surface area contributed by atoms with Crippen molar-refractivity contribution in [1.82, 2.24) is 5.32 Å². The maximum absolute atomic E-state index is 13.2. The van der Waals surface area contributed by atoms with Gasteiger partial charge in [-0.1, -0.05) is 42.5 Å². The lowest BCUT2D eigenvalue weighted by Crippen LogP contribution is -2.45. The van der Waals surface area contributed by atoms with Crippen molar-refractivity contribution in [2.24, 2.45) is 10.9 Å². The van der Waals surface area contributed by atoms with Crippen LogP contribution in [0.25, 0.3) is 0 Å².